The molecule has 6 heteroatoms. The van der Waals surface area contributed by atoms with Gasteiger partial charge in [0.05, 0.1) is 5.69 Å². The van der Waals surface area contributed by atoms with E-state index in [4.69, 9.17) is 11.6 Å². The van der Waals surface area contributed by atoms with Crippen LogP contribution < -0.4 is 4.90 Å². The van der Waals surface area contributed by atoms with Gasteiger partial charge in [-0.05, 0) is 38.1 Å². The Kier molecular flexibility index (Phi) is 5.45. The molecule has 1 aromatic carbocycles. The monoisotopic (exact) mass is 363 g/mol. The van der Waals surface area contributed by atoms with Crippen LogP contribution in [0.15, 0.2) is 48.7 Å². The van der Waals surface area contributed by atoms with Crippen molar-refractivity contribution >= 4 is 17.4 Å². The van der Waals surface area contributed by atoms with Gasteiger partial charge in [-0.1, -0.05) is 29.8 Å². The molecule has 0 radical (unpaired) electrons. The molecule has 2 heterocycles. The first-order chi connectivity index (χ1) is 12.7. The van der Waals surface area contributed by atoms with Crippen LogP contribution in [-0.4, -0.2) is 28.0 Å². The molecule has 3 rings (SSSR count). The molecule has 3 aromatic rings. The molecule has 130 valence electrons. The van der Waals surface area contributed by atoms with E-state index < -0.39 is 0 Å². The van der Waals surface area contributed by atoms with Crippen LogP contribution in [0.1, 0.15) is 19.4 Å². The van der Waals surface area contributed by atoms with Crippen molar-refractivity contribution < 1.29 is 0 Å². The molecule has 0 aliphatic heterocycles. The maximum atomic E-state index is 9.82. The fraction of sp³-hybridized carbons (Fsp3) is 0.200. The highest BCUT2D eigenvalue weighted by atomic mass is 35.5. The molecule has 5 nitrogen and oxygen atoms in total. The number of nitrogens with zero attached hydrogens (tertiary/aromatic N) is 5. The number of halogens is 1. The largest absolute Gasteiger partial charge is 0.356 e. The van der Waals surface area contributed by atoms with Gasteiger partial charge in [-0.25, -0.2) is 9.97 Å². The molecule has 0 N–H and O–H groups in total. The van der Waals surface area contributed by atoms with Gasteiger partial charge in [0, 0.05) is 29.9 Å². The first-order valence-corrected chi connectivity index (χ1v) is 8.80. The molecule has 0 aliphatic carbocycles. The lowest BCUT2D eigenvalue weighted by atomic mass is 10.1. The van der Waals surface area contributed by atoms with Crippen molar-refractivity contribution in [1.29, 1.82) is 5.26 Å². The smallest absolute Gasteiger partial charge is 0.180 e. The molecule has 0 saturated heterocycles. The zero-order valence-corrected chi connectivity index (χ0v) is 15.4. The van der Waals surface area contributed by atoms with Gasteiger partial charge in [0.15, 0.2) is 11.6 Å². The average molecular weight is 364 g/mol. The molecule has 0 bridgehead atoms. The Hall–Kier alpha value is -2.97. The van der Waals surface area contributed by atoms with Crippen LogP contribution in [0.4, 0.5) is 5.82 Å². The molecule has 0 amide bonds. The van der Waals surface area contributed by atoms with Crippen LogP contribution in [0.3, 0.4) is 0 Å². The summed E-state index contributed by atoms with van der Waals surface area (Å²) in [6, 6.07) is 15.2. The molecule has 0 atom stereocenters. The Morgan fingerprint density at radius 1 is 1.04 bits per heavy atom. The van der Waals surface area contributed by atoms with E-state index in [0.717, 1.165) is 18.7 Å². The summed E-state index contributed by atoms with van der Waals surface area (Å²) >= 11 is 6.01. The number of rotatable bonds is 5. The number of hydrogen-bond acceptors (Lipinski definition) is 5. The van der Waals surface area contributed by atoms with Gasteiger partial charge in [0.1, 0.15) is 17.3 Å². The number of aromatic nitrogens is 3. The van der Waals surface area contributed by atoms with Crippen molar-refractivity contribution in [3.8, 4) is 28.8 Å². The Balaban J connectivity index is 2.29. The van der Waals surface area contributed by atoms with Gasteiger partial charge in [0.25, 0.3) is 0 Å². The summed E-state index contributed by atoms with van der Waals surface area (Å²) in [5.74, 6) is 1.12. The average Bonchev–Trinajstić information content (AvgIpc) is 2.69. The van der Waals surface area contributed by atoms with E-state index in [1.807, 2.05) is 49.1 Å². The number of anilines is 1. The van der Waals surface area contributed by atoms with Crippen molar-refractivity contribution in [2.24, 2.45) is 0 Å². The molecule has 26 heavy (non-hydrogen) atoms. The van der Waals surface area contributed by atoms with E-state index in [1.54, 1.807) is 18.3 Å². The van der Waals surface area contributed by atoms with E-state index >= 15 is 0 Å². The molecule has 2 aromatic heterocycles. The van der Waals surface area contributed by atoms with E-state index in [2.05, 4.69) is 21.0 Å². The maximum Gasteiger partial charge on any atom is 0.180 e. The quantitative estimate of drug-likeness (QED) is 0.664. The van der Waals surface area contributed by atoms with Gasteiger partial charge in [-0.2, -0.15) is 5.26 Å². The predicted octanol–water partition coefficient (Wildman–Crippen LogP) is 4.58. The fourth-order valence-corrected chi connectivity index (χ4v) is 2.86. The van der Waals surface area contributed by atoms with E-state index in [-0.39, 0.29) is 0 Å². The third-order valence-corrected chi connectivity index (χ3v) is 4.33. The highest BCUT2D eigenvalue weighted by Gasteiger charge is 2.20. The summed E-state index contributed by atoms with van der Waals surface area (Å²) in [4.78, 5) is 15.7. The van der Waals surface area contributed by atoms with Gasteiger partial charge in [-0.15, -0.1) is 0 Å². The lowest BCUT2D eigenvalue weighted by Crippen LogP contribution is -2.25. The number of benzene rings is 1. The van der Waals surface area contributed by atoms with Gasteiger partial charge in [-0.3, -0.25) is 4.98 Å². The third kappa shape index (κ3) is 3.51. The van der Waals surface area contributed by atoms with E-state index in [0.29, 0.717) is 33.6 Å². The standard InChI is InChI=1S/C20H18ClN5/c1-3-26(4-2)20-16(13-22)18(14-8-10-15(21)11-9-14)24-19(25-20)17-7-5-6-12-23-17/h5-12H,3-4H2,1-2H3. The second-order valence-electron chi connectivity index (χ2n) is 5.60. The second kappa shape index (κ2) is 7.94. The molecule has 0 aliphatic rings. The SMILES string of the molecule is CCN(CC)c1nc(-c2ccccn2)nc(-c2ccc(Cl)cc2)c1C#N. The van der Waals surface area contributed by atoms with Crippen molar-refractivity contribution in [1.82, 2.24) is 15.0 Å². The van der Waals surface area contributed by atoms with Crippen molar-refractivity contribution in [2.45, 2.75) is 13.8 Å². The summed E-state index contributed by atoms with van der Waals surface area (Å²) in [6.07, 6.45) is 1.70. The minimum atomic E-state index is 0.454. The first-order valence-electron chi connectivity index (χ1n) is 8.42. The molecule has 0 fully saturated rings. The summed E-state index contributed by atoms with van der Waals surface area (Å²) < 4.78 is 0. The second-order valence-corrected chi connectivity index (χ2v) is 6.04. The zero-order chi connectivity index (χ0) is 18.5. The molecular formula is C20H18ClN5. The zero-order valence-electron chi connectivity index (χ0n) is 14.6. The minimum Gasteiger partial charge on any atom is -0.356 e. The normalized spacial score (nSPS) is 10.4. The van der Waals surface area contributed by atoms with Crippen molar-refractivity contribution in [3.05, 3.63) is 59.2 Å². The lowest BCUT2D eigenvalue weighted by Gasteiger charge is -2.22. The summed E-state index contributed by atoms with van der Waals surface area (Å²) in [6.45, 7) is 5.55. The van der Waals surface area contributed by atoms with E-state index in [9.17, 15) is 5.26 Å². The number of pyridine rings is 1. The molecule has 0 saturated carbocycles. The Labute approximate surface area is 157 Å². The fourth-order valence-electron chi connectivity index (χ4n) is 2.73. The van der Waals surface area contributed by atoms with Crippen LogP contribution >= 0.6 is 11.6 Å². The molecule has 0 unspecified atom stereocenters. The van der Waals surface area contributed by atoms with E-state index in [1.165, 1.54) is 0 Å². The van der Waals surface area contributed by atoms with Crippen molar-refractivity contribution in [2.75, 3.05) is 18.0 Å². The summed E-state index contributed by atoms with van der Waals surface area (Å²) in [7, 11) is 0. The molecular weight excluding hydrogens is 346 g/mol. The van der Waals surface area contributed by atoms with Crippen LogP contribution in [0.2, 0.25) is 5.02 Å². The third-order valence-electron chi connectivity index (χ3n) is 4.08. The topological polar surface area (TPSA) is 65.7 Å². The van der Waals surface area contributed by atoms with Gasteiger partial charge >= 0.3 is 0 Å². The highest BCUT2D eigenvalue weighted by molar-refractivity contribution is 6.30. The van der Waals surface area contributed by atoms with Crippen LogP contribution in [0.5, 0.6) is 0 Å². The maximum absolute atomic E-state index is 9.82. The van der Waals surface area contributed by atoms with Crippen LogP contribution in [-0.2, 0) is 0 Å². The Morgan fingerprint density at radius 3 is 2.35 bits per heavy atom. The number of hydrogen-bond donors (Lipinski definition) is 0. The Bertz CT molecular complexity index is 929. The Morgan fingerprint density at radius 2 is 1.77 bits per heavy atom. The van der Waals surface area contributed by atoms with Crippen molar-refractivity contribution in [3.63, 3.8) is 0 Å². The first kappa shape index (κ1) is 17.8. The summed E-state index contributed by atoms with van der Waals surface area (Å²) in [5, 5.41) is 10.5. The predicted molar refractivity (Wildman–Crippen MR) is 104 cm³/mol. The van der Waals surface area contributed by atoms with Gasteiger partial charge < -0.3 is 4.90 Å². The van der Waals surface area contributed by atoms with Gasteiger partial charge in [0.2, 0.25) is 0 Å². The number of nitriles is 1. The molecule has 0 spiro atoms. The van der Waals surface area contributed by atoms with Crippen LogP contribution in [0, 0.1) is 11.3 Å². The van der Waals surface area contributed by atoms with Crippen LogP contribution in [0.25, 0.3) is 22.8 Å². The lowest BCUT2D eigenvalue weighted by molar-refractivity contribution is 0.840. The summed E-state index contributed by atoms with van der Waals surface area (Å²) in [5.41, 5.74) is 2.52. The minimum absolute atomic E-state index is 0.454. The highest BCUT2D eigenvalue weighted by Crippen LogP contribution is 2.31.